The van der Waals surface area contributed by atoms with Crippen molar-refractivity contribution in [2.75, 3.05) is 0 Å². The number of hydrogen-bond donors (Lipinski definition) is 0. The van der Waals surface area contributed by atoms with E-state index < -0.39 is 19.8 Å². The fourth-order valence-corrected chi connectivity index (χ4v) is 13.6. The molecule has 4 nitrogen and oxygen atoms in total. The van der Waals surface area contributed by atoms with Crippen LogP contribution in [0, 0.1) is 80.7 Å². The summed E-state index contributed by atoms with van der Waals surface area (Å²) in [7, 11) is 0. The van der Waals surface area contributed by atoms with Crippen LogP contribution in [-0.2, 0) is 17.1 Å². The van der Waals surface area contributed by atoms with E-state index in [0.29, 0.717) is 5.52 Å². The number of aryl methyl sites for hydroxylation is 1. The van der Waals surface area contributed by atoms with Gasteiger partial charge >= 0.3 is 109 Å². The van der Waals surface area contributed by atoms with Crippen molar-refractivity contribution >= 4 is 36.3 Å². The molecule has 2 fully saturated rings. The number of pyridine rings is 1. The molecule has 0 atom stereocenters. The monoisotopic (exact) mass is 662 g/mol. The number of non-ortho nitro benzene ring substituents is 1. The molecule has 6 heteroatoms. The Kier molecular flexibility index (Phi) is 19.7. The smallest absolute Gasteiger partial charge is 0.474 e. The second-order valence-corrected chi connectivity index (χ2v) is 18.0. The molecule has 2 saturated carbocycles. The molecule has 1 aromatic carbocycles. The Hall–Kier alpha value is -0.652. The van der Waals surface area contributed by atoms with Gasteiger partial charge in [-0.2, -0.15) is 0 Å². The van der Waals surface area contributed by atoms with Crippen LogP contribution < -0.4 is 0 Å². The van der Waals surface area contributed by atoms with Crippen LogP contribution in [-0.4, -0.2) is 29.7 Å². The molecule has 1 aromatic heterocycles. The molecule has 0 amide bonds. The number of nitro groups is 1. The van der Waals surface area contributed by atoms with Gasteiger partial charge in [-0.25, -0.2) is 17.8 Å². The van der Waals surface area contributed by atoms with Crippen LogP contribution in [0.3, 0.4) is 0 Å². The van der Waals surface area contributed by atoms with Gasteiger partial charge in [0.25, 0.3) is 5.69 Å². The normalized spacial score (nSPS) is 14.7. The van der Waals surface area contributed by atoms with E-state index in [-0.39, 0.29) is 27.7 Å². The third kappa shape index (κ3) is 13.1. The third-order valence-corrected chi connectivity index (χ3v) is 15.3. The Labute approximate surface area is 250 Å². The molecular weight excluding hydrogens is 619 g/mol. The van der Waals surface area contributed by atoms with Gasteiger partial charge in [0.2, 0.25) is 0 Å². The Balaban J connectivity index is 0.000000330. The van der Waals surface area contributed by atoms with E-state index in [2.05, 4.69) is 32.2 Å². The quantitative estimate of drug-likeness (QED) is 0.105. The second kappa shape index (κ2) is 21.1. The maximum absolute atomic E-state index is 11.0. The molecular formula is C32H42FeN2O2Sn+2. The maximum atomic E-state index is 11.0. The number of fused-ring (bicyclic) bond motifs is 1. The van der Waals surface area contributed by atoms with Crippen molar-refractivity contribution in [3.05, 3.63) is 109 Å². The maximum Gasteiger partial charge on any atom is 2.00 e. The topological polar surface area (TPSA) is 56.0 Å². The van der Waals surface area contributed by atoms with Crippen molar-refractivity contribution in [3.8, 4) is 0 Å². The minimum Gasteiger partial charge on any atom is -0.474 e. The van der Waals surface area contributed by atoms with Crippen LogP contribution in [0.4, 0.5) is 5.69 Å². The Morgan fingerprint density at radius 1 is 0.868 bits per heavy atom. The predicted molar refractivity (Wildman–Crippen MR) is 158 cm³/mol. The van der Waals surface area contributed by atoms with Crippen molar-refractivity contribution < 1.29 is 22.0 Å². The summed E-state index contributed by atoms with van der Waals surface area (Å²) in [6.45, 7) is 8.85. The van der Waals surface area contributed by atoms with E-state index in [1.54, 1.807) is 25.6 Å². The van der Waals surface area contributed by atoms with E-state index in [0.717, 1.165) is 22.4 Å². The molecule has 2 aliphatic rings. The van der Waals surface area contributed by atoms with Gasteiger partial charge in [0.15, 0.2) is 0 Å². The van der Waals surface area contributed by atoms with Gasteiger partial charge < -0.3 is 6.42 Å². The van der Waals surface area contributed by atoms with E-state index >= 15 is 0 Å². The minimum atomic E-state index is -0.839. The fourth-order valence-electron chi connectivity index (χ4n) is 4.17. The Morgan fingerprint density at radius 3 is 1.87 bits per heavy atom. The van der Waals surface area contributed by atoms with Gasteiger partial charge in [-0.05, 0) is 55.9 Å². The number of nitrogens with zero attached hydrogens (tertiary/aromatic N) is 2. The van der Waals surface area contributed by atoms with E-state index in [1.165, 1.54) is 38.5 Å². The number of nitro benzene ring substituents is 1. The van der Waals surface area contributed by atoms with Gasteiger partial charge in [0, 0.05) is 23.6 Å². The molecule has 38 heavy (non-hydrogen) atoms. The molecule has 0 unspecified atom stereocenters. The summed E-state index contributed by atoms with van der Waals surface area (Å²) >= 11 is -0.839. The average Bonchev–Trinajstić information content (AvgIpc) is 3.65. The summed E-state index contributed by atoms with van der Waals surface area (Å²) in [6, 6.07) is 5.41. The number of aromatic nitrogens is 1. The number of unbranched alkanes of at least 4 members (excludes halogenated alkanes) is 3. The Morgan fingerprint density at radius 2 is 1.42 bits per heavy atom. The molecule has 4 rings (SSSR count). The predicted octanol–water partition coefficient (Wildman–Crippen LogP) is 8.98. The summed E-state index contributed by atoms with van der Waals surface area (Å²) in [4.78, 5) is 14.9. The first-order valence-corrected chi connectivity index (χ1v) is 19.7. The SMILES string of the molecule is CCC[CH2][Sn+]([CH2]CCC)[CH2]CCC.Cc1cc([N+](=O)[O-])c2ncc([C]3[CH][CH][CH][CH]3)cc2c1.[C-]1[CH][CH][CH][CH]1.[Fe+2]. The molecule has 10 radical (unpaired) electrons. The van der Waals surface area contributed by atoms with Gasteiger partial charge in [0.05, 0.1) is 4.92 Å². The average molecular weight is 661 g/mol. The van der Waals surface area contributed by atoms with Crippen LogP contribution in [0.2, 0.25) is 13.3 Å². The van der Waals surface area contributed by atoms with Gasteiger partial charge in [-0.1, -0.05) is 12.8 Å². The zero-order valence-electron chi connectivity index (χ0n) is 23.4. The van der Waals surface area contributed by atoms with Crippen molar-refractivity contribution in [2.24, 2.45) is 0 Å². The van der Waals surface area contributed by atoms with Crippen LogP contribution >= 0.6 is 0 Å². The number of rotatable bonds is 11. The molecule has 2 aliphatic carbocycles. The van der Waals surface area contributed by atoms with E-state index in [9.17, 15) is 10.1 Å². The number of benzene rings is 1. The van der Waals surface area contributed by atoms with Gasteiger partial charge in [-0.3, -0.25) is 10.1 Å². The summed E-state index contributed by atoms with van der Waals surface area (Å²) in [6.07, 6.45) is 28.9. The van der Waals surface area contributed by atoms with Crippen molar-refractivity contribution in [1.82, 2.24) is 4.98 Å². The third-order valence-electron chi connectivity index (χ3n) is 6.25. The first-order valence-electron chi connectivity index (χ1n) is 13.7. The van der Waals surface area contributed by atoms with Crippen molar-refractivity contribution in [2.45, 2.75) is 79.5 Å². The van der Waals surface area contributed by atoms with E-state index in [4.69, 9.17) is 0 Å². The van der Waals surface area contributed by atoms with Crippen LogP contribution in [0.15, 0.2) is 24.4 Å². The largest absolute Gasteiger partial charge is 2.00 e. The molecule has 202 valence electrons. The van der Waals surface area contributed by atoms with Gasteiger partial charge in [-0.15, -0.1) is 0 Å². The summed E-state index contributed by atoms with van der Waals surface area (Å²) in [5, 5.41) is 11.8. The van der Waals surface area contributed by atoms with E-state index in [1.807, 2.05) is 70.4 Å². The van der Waals surface area contributed by atoms with Crippen LogP contribution in [0.1, 0.15) is 70.4 Å². The molecule has 0 bridgehead atoms. The fraction of sp³-hybridized carbons (Fsp3) is 0.406. The zero-order chi connectivity index (χ0) is 26.9. The standard InChI is InChI=1S/C15H11N2O2.C5H4.3C4H9.Fe.Sn/c1-10-6-12-8-13(11-4-2-3-5-11)9-16-15(12)14(7-10)17(18)19;1-2-4-5-3-1;3*1-3-4-2;;/h2-9H,1H3;1-4H;3*1,3-4H2,2H3;;/q;-1;;;;+2;+1. The molecule has 1 heterocycles. The molecule has 0 spiro atoms. The number of hydrogen-bond acceptors (Lipinski definition) is 3. The molecule has 0 saturated heterocycles. The Bertz CT molecular complexity index is 887. The van der Waals surface area contributed by atoms with Crippen LogP contribution in [0.25, 0.3) is 10.9 Å². The first-order chi connectivity index (χ1) is 18.0. The first kappa shape index (κ1) is 35.4. The summed E-state index contributed by atoms with van der Waals surface area (Å²) in [5.74, 6) is 1.07. The molecule has 0 aliphatic heterocycles. The summed E-state index contributed by atoms with van der Waals surface area (Å²) < 4.78 is 5.04. The molecule has 0 N–H and O–H groups in total. The zero-order valence-corrected chi connectivity index (χ0v) is 27.3. The van der Waals surface area contributed by atoms with Crippen molar-refractivity contribution in [1.29, 1.82) is 0 Å². The summed E-state index contributed by atoms with van der Waals surface area (Å²) in [5.41, 5.74) is 2.33. The molecule has 2 aromatic rings. The second-order valence-electron chi connectivity index (χ2n) is 9.46. The van der Waals surface area contributed by atoms with Crippen LogP contribution in [0.5, 0.6) is 0 Å². The van der Waals surface area contributed by atoms with Gasteiger partial charge in [0.1, 0.15) is 5.52 Å². The van der Waals surface area contributed by atoms with Crippen molar-refractivity contribution in [3.63, 3.8) is 0 Å². The minimum absolute atomic E-state index is 0.